The first-order chi connectivity index (χ1) is 11.4. The van der Waals surface area contributed by atoms with Gasteiger partial charge in [0.25, 0.3) is 7.37 Å². The molecule has 1 aliphatic rings. The van der Waals surface area contributed by atoms with Crippen LogP contribution >= 0.6 is 7.37 Å². The molecule has 0 aromatic heterocycles. The maximum Gasteiger partial charge on any atom is 0.304 e. The summed E-state index contributed by atoms with van der Waals surface area (Å²) in [5, 5.41) is 18.6. The minimum atomic E-state index is -3.72. The largest absolute Gasteiger partial charge is 0.481 e. The standard InChI is InChI=1S/C17H15O6P/c18-16(19)9-11(10-17(20)21)24(22)15-8-4-2-6-13(15)12-5-1-3-7-14(12)23-24/h1-8,11H,9-10H2,(H,18,19)(H,20,21). The lowest BCUT2D eigenvalue weighted by Crippen LogP contribution is -2.29. The van der Waals surface area contributed by atoms with E-state index in [0.717, 1.165) is 5.56 Å². The van der Waals surface area contributed by atoms with Crippen LogP contribution in [0.4, 0.5) is 0 Å². The van der Waals surface area contributed by atoms with Gasteiger partial charge in [-0.2, -0.15) is 0 Å². The molecule has 0 spiro atoms. The average molecular weight is 346 g/mol. The van der Waals surface area contributed by atoms with Crippen LogP contribution in [0.3, 0.4) is 0 Å². The molecule has 0 radical (unpaired) electrons. The molecule has 24 heavy (non-hydrogen) atoms. The Kier molecular flexibility index (Phi) is 4.16. The first-order valence-electron chi connectivity index (χ1n) is 7.33. The summed E-state index contributed by atoms with van der Waals surface area (Å²) in [6.07, 6.45) is -1.08. The van der Waals surface area contributed by atoms with E-state index in [0.29, 0.717) is 16.6 Å². The second-order valence-electron chi connectivity index (χ2n) is 5.55. The number of hydrogen-bond acceptors (Lipinski definition) is 4. The number of carboxylic acids is 2. The maximum absolute atomic E-state index is 13.6. The highest BCUT2D eigenvalue weighted by Crippen LogP contribution is 2.59. The van der Waals surface area contributed by atoms with Gasteiger partial charge in [0.1, 0.15) is 5.75 Å². The normalized spacial score (nSPS) is 18.4. The van der Waals surface area contributed by atoms with Crippen molar-refractivity contribution in [2.24, 2.45) is 0 Å². The molecule has 2 aromatic rings. The fourth-order valence-electron chi connectivity index (χ4n) is 2.92. The number of aliphatic carboxylic acids is 2. The van der Waals surface area contributed by atoms with Crippen molar-refractivity contribution in [2.45, 2.75) is 18.5 Å². The minimum Gasteiger partial charge on any atom is -0.481 e. The Morgan fingerprint density at radius 3 is 2.08 bits per heavy atom. The van der Waals surface area contributed by atoms with Gasteiger partial charge in [-0.15, -0.1) is 0 Å². The molecular weight excluding hydrogens is 331 g/mol. The van der Waals surface area contributed by atoms with E-state index >= 15 is 0 Å². The number of fused-ring (bicyclic) bond motifs is 3. The second kappa shape index (κ2) is 6.13. The van der Waals surface area contributed by atoms with Crippen molar-refractivity contribution in [2.75, 3.05) is 0 Å². The van der Waals surface area contributed by atoms with Crippen LogP contribution in [-0.4, -0.2) is 27.8 Å². The van der Waals surface area contributed by atoms with Crippen molar-refractivity contribution in [1.29, 1.82) is 0 Å². The van der Waals surface area contributed by atoms with E-state index in [1.54, 1.807) is 36.4 Å². The third-order valence-electron chi connectivity index (χ3n) is 3.95. The Bertz CT molecular complexity index is 844. The number of carbonyl (C=O) groups is 2. The van der Waals surface area contributed by atoms with E-state index in [4.69, 9.17) is 14.7 Å². The lowest BCUT2D eigenvalue weighted by atomic mass is 10.0. The van der Waals surface area contributed by atoms with Gasteiger partial charge >= 0.3 is 11.9 Å². The molecule has 2 N–H and O–H groups in total. The van der Waals surface area contributed by atoms with Gasteiger partial charge in [-0.1, -0.05) is 36.4 Å². The van der Waals surface area contributed by atoms with Gasteiger partial charge < -0.3 is 14.7 Å². The third kappa shape index (κ3) is 2.81. The summed E-state index contributed by atoms with van der Waals surface area (Å²) in [4.78, 5) is 22.3. The molecule has 0 bridgehead atoms. The highest BCUT2D eigenvalue weighted by Gasteiger charge is 2.44. The summed E-state index contributed by atoms with van der Waals surface area (Å²) in [6, 6.07) is 13.9. The molecule has 0 fully saturated rings. The number of carboxylic acid groups (broad SMARTS) is 2. The SMILES string of the molecule is O=C(O)CC(CC(=O)O)P1(=O)Oc2ccccc2-c2ccccc21. The summed E-state index contributed by atoms with van der Waals surface area (Å²) in [7, 11) is -3.72. The molecule has 1 heterocycles. The minimum absolute atomic E-state index is 0.371. The quantitative estimate of drug-likeness (QED) is 0.807. The lowest BCUT2D eigenvalue weighted by molar-refractivity contribution is -0.138. The molecule has 1 aliphatic heterocycles. The van der Waals surface area contributed by atoms with Crippen LogP contribution in [0, 0.1) is 0 Å². The summed E-state index contributed by atoms with van der Waals surface area (Å²) >= 11 is 0. The van der Waals surface area contributed by atoms with Crippen LogP contribution in [0.25, 0.3) is 11.1 Å². The first-order valence-corrected chi connectivity index (χ1v) is 9.03. The zero-order valence-corrected chi connectivity index (χ0v) is 13.5. The van der Waals surface area contributed by atoms with Gasteiger partial charge in [-0.05, 0) is 17.7 Å². The van der Waals surface area contributed by atoms with E-state index in [2.05, 4.69) is 0 Å². The Hall–Kier alpha value is -2.59. The Balaban J connectivity index is 2.17. The molecular formula is C17H15O6P. The fraction of sp³-hybridized carbons (Fsp3) is 0.176. The Morgan fingerprint density at radius 2 is 1.46 bits per heavy atom. The van der Waals surface area contributed by atoms with E-state index in [9.17, 15) is 14.2 Å². The fourth-order valence-corrected chi connectivity index (χ4v) is 5.63. The van der Waals surface area contributed by atoms with Crippen molar-refractivity contribution in [1.82, 2.24) is 0 Å². The van der Waals surface area contributed by atoms with Crippen LogP contribution < -0.4 is 9.83 Å². The maximum atomic E-state index is 13.6. The molecule has 1 atom stereocenters. The molecule has 124 valence electrons. The summed E-state index contributed by atoms with van der Waals surface area (Å²) in [6.45, 7) is 0. The third-order valence-corrected chi connectivity index (χ3v) is 6.81. The van der Waals surface area contributed by atoms with E-state index < -0.39 is 37.8 Å². The lowest BCUT2D eigenvalue weighted by Gasteiger charge is -2.32. The predicted molar refractivity (Wildman–Crippen MR) is 88.0 cm³/mol. The molecule has 0 saturated heterocycles. The monoisotopic (exact) mass is 346 g/mol. The molecule has 1 unspecified atom stereocenters. The van der Waals surface area contributed by atoms with Crippen molar-refractivity contribution < 1.29 is 28.9 Å². The molecule has 7 heteroatoms. The molecule has 6 nitrogen and oxygen atoms in total. The van der Waals surface area contributed by atoms with Crippen LogP contribution in [0.15, 0.2) is 48.5 Å². The van der Waals surface area contributed by atoms with Crippen LogP contribution in [-0.2, 0) is 14.2 Å². The van der Waals surface area contributed by atoms with Crippen molar-refractivity contribution in [3.05, 3.63) is 48.5 Å². The highest BCUT2D eigenvalue weighted by atomic mass is 31.2. The predicted octanol–water partition coefficient (Wildman–Crippen LogP) is 2.97. The van der Waals surface area contributed by atoms with Crippen molar-refractivity contribution >= 4 is 24.6 Å². The second-order valence-corrected chi connectivity index (χ2v) is 8.14. The van der Waals surface area contributed by atoms with E-state index in [1.807, 2.05) is 12.1 Å². The molecule has 2 aromatic carbocycles. The summed E-state index contributed by atoms with van der Waals surface area (Å²) < 4.78 is 19.4. The van der Waals surface area contributed by atoms with Crippen LogP contribution in [0.5, 0.6) is 5.75 Å². The zero-order chi connectivity index (χ0) is 17.3. The Labute approximate surface area is 138 Å². The smallest absolute Gasteiger partial charge is 0.304 e. The van der Waals surface area contributed by atoms with Crippen molar-refractivity contribution in [3.8, 4) is 16.9 Å². The van der Waals surface area contributed by atoms with E-state index in [1.165, 1.54) is 0 Å². The van der Waals surface area contributed by atoms with Crippen LogP contribution in [0.1, 0.15) is 12.8 Å². The number of hydrogen-bond donors (Lipinski definition) is 2. The highest BCUT2D eigenvalue weighted by molar-refractivity contribution is 7.68. The zero-order valence-electron chi connectivity index (χ0n) is 12.6. The summed E-state index contributed by atoms with van der Waals surface area (Å²) in [5.74, 6) is -2.05. The molecule has 0 saturated carbocycles. The van der Waals surface area contributed by atoms with Gasteiger partial charge in [-0.3, -0.25) is 14.2 Å². The molecule has 0 amide bonds. The van der Waals surface area contributed by atoms with Gasteiger partial charge in [0, 0.05) is 5.56 Å². The summed E-state index contributed by atoms with van der Waals surface area (Å²) in [5.41, 5.74) is 0.300. The van der Waals surface area contributed by atoms with Gasteiger partial charge in [0.2, 0.25) is 0 Å². The number of para-hydroxylation sites is 1. The number of benzene rings is 2. The number of rotatable bonds is 5. The first kappa shape index (κ1) is 16.3. The van der Waals surface area contributed by atoms with Gasteiger partial charge in [-0.25, -0.2) is 0 Å². The average Bonchev–Trinajstić information content (AvgIpc) is 2.54. The Morgan fingerprint density at radius 1 is 0.917 bits per heavy atom. The molecule has 0 aliphatic carbocycles. The topological polar surface area (TPSA) is 101 Å². The molecule has 3 rings (SSSR count). The van der Waals surface area contributed by atoms with Crippen LogP contribution in [0.2, 0.25) is 0 Å². The van der Waals surface area contributed by atoms with Gasteiger partial charge in [0.15, 0.2) is 0 Å². The van der Waals surface area contributed by atoms with Crippen molar-refractivity contribution in [3.63, 3.8) is 0 Å². The van der Waals surface area contributed by atoms with E-state index in [-0.39, 0.29) is 0 Å². The van der Waals surface area contributed by atoms with Gasteiger partial charge in [0.05, 0.1) is 23.8 Å².